The van der Waals surface area contributed by atoms with Gasteiger partial charge >= 0.3 is 6.09 Å². The molecule has 1 rings (SSSR count). The third-order valence-corrected chi connectivity index (χ3v) is 2.49. The Bertz CT molecular complexity index is 515. The molecular weight excluding hydrogens is 258 g/mol. The van der Waals surface area contributed by atoms with E-state index < -0.39 is 11.7 Å². The van der Waals surface area contributed by atoms with Gasteiger partial charge in [-0.05, 0) is 39.8 Å². The van der Waals surface area contributed by atoms with E-state index in [-0.39, 0.29) is 18.0 Å². The maximum atomic E-state index is 11.4. The number of phenols is 2. The van der Waals surface area contributed by atoms with Gasteiger partial charge in [0.1, 0.15) is 17.1 Å². The van der Waals surface area contributed by atoms with Gasteiger partial charge in [-0.2, -0.15) is 0 Å². The second-order valence-electron chi connectivity index (χ2n) is 5.43. The summed E-state index contributed by atoms with van der Waals surface area (Å²) in [6, 6.07) is 3.11. The van der Waals surface area contributed by atoms with Crippen molar-refractivity contribution in [1.82, 2.24) is 5.32 Å². The predicted octanol–water partition coefficient (Wildman–Crippen LogP) is 2.94. The molecule has 20 heavy (non-hydrogen) atoms. The molecule has 0 unspecified atom stereocenters. The average molecular weight is 279 g/mol. The number of rotatable bonds is 3. The molecule has 1 amide bonds. The fraction of sp³-hybridized carbons (Fsp3) is 0.400. The van der Waals surface area contributed by atoms with E-state index in [2.05, 4.69) is 5.32 Å². The number of aromatic hydroxyl groups is 2. The van der Waals surface area contributed by atoms with Gasteiger partial charge in [-0.1, -0.05) is 12.2 Å². The smallest absolute Gasteiger partial charge is 0.407 e. The van der Waals surface area contributed by atoms with Crippen LogP contribution in [-0.4, -0.2) is 28.5 Å². The summed E-state index contributed by atoms with van der Waals surface area (Å²) in [4.78, 5) is 11.4. The SMILES string of the molecule is Cc1c(O)ccc(C=CCNC(=O)OC(C)(C)C)c1O. The van der Waals surface area contributed by atoms with E-state index in [0.717, 1.165) is 0 Å². The summed E-state index contributed by atoms with van der Waals surface area (Å²) in [6.45, 7) is 7.29. The first-order chi connectivity index (χ1) is 9.20. The van der Waals surface area contributed by atoms with Crippen LogP contribution in [0, 0.1) is 6.92 Å². The maximum Gasteiger partial charge on any atom is 0.407 e. The zero-order valence-corrected chi connectivity index (χ0v) is 12.2. The van der Waals surface area contributed by atoms with Crippen LogP contribution in [-0.2, 0) is 4.74 Å². The largest absolute Gasteiger partial charge is 0.508 e. The number of nitrogens with one attached hydrogen (secondary N) is 1. The fourth-order valence-corrected chi connectivity index (χ4v) is 1.49. The van der Waals surface area contributed by atoms with Crippen molar-refractivity contribution in [2.75, 3.05) is 6.54 Å². The average Bonchev–Trinajstić information content (AvgIpc) is 2.32. The molecule has 1 aromatic carbocycles. The molecule has 0 aliphatic rings. The van der Waals surface area contributed by atoms with Gasteiger partial charge in [-0.3, -0.25) is 0 Å². The number of hydrogen-bond acceptors (Lipinski definition) is 4. The van der Waals surface area contributed by atoms with Crippen molar-refractivity contribution in [3.8, 4) is 11.5 Å². The van der Waals surface area contributed by atoms with Gasteiger partial charge in [0.15, 0.2) is 0 Å². The standard InChI is InChI=1S/C15H21NO4/c1-10-12(17)8-7-11(13(10)18)6-5-9-16-14(19)20-15(2,3)4/h5-8,17-18H,9H2,1-4H3,(H,16,19). The molecule has 5 heteroatoms. The highest BCUT2D eigenvalue weighted by Crippen LogP contribution is 2.29. The Morgan fingerprint density at radius 1 is 1.35 bits per heavy atom. The van der Waals surface area contributed by atoms with Crippen LogP contribution in [0.3, 0.4) is 0 Å². The number of ether oxygens (including phenoxy) is 1. The van der Waals surface area contributed by atoms with Gasteiger partial charge < -0.3 is 20.3 Å². The van der Waals surface area contributed by atoms with Gasteiger partial charge in [0, 0.05) is 17.7 Å². The van der Waals surface area contributed by atoms with Crippen LogP contribution in [0.25, 0.3) is 6.08 Å². The number of benzene rings is 1. The predicted molar refractivity (Wildman–Crippen MR) is 77.8 cm³/mol. The Labute approximate surface area is 118 Å². The zero-order chi connectivity index (χ0) is 15.3. The highest BCUT2D eigenvalue weighted by molar-refractivity contribution is 5.68. The van der Waals surface area contributed by atoms with Crippen molar-refractivity contribution in [1.29, 1.82) is 0 Å². The Morgan fingerprint density at radius 2 is 2.00 bits per heavy atom. The molecule has 0 radical (unpaired) electrons. The molecule has 3 N–H and O–H groups in total. The number of amides is 1. The highest BCUT2D eigenvalue weighted by atomic mass is 16.6. The van der Waals surface area contributed by atoms with Gasteiger partial charge in [-0.15, -0.1) is 0 Å². The molecule has 0 fully saturated rings. The number of alkyl carbamates (subject to hydrolysis) is 1. The van der Waals surface area contributed by atoms with E-state index in [4.69, 9.17) is 4.74 Å². The summed E-state index contributed by atoms with van der Waals surface area (Å²) >= 11 is 0. The molecule has 0 spiro atoms. The first kappa shape index (κ1) is 15.9. The van der Waals surface area contributed by atoms with Crippen LogP contribution in [0.2, 0.25) is 0 Å². The number of carbonyl (C=O) groups is 1. The molecular formula is C15H21NO4. The Morgan fingerprint density at radius 3 is 2.60 bits per heavy atom. The molecule has 1 aromatic rings. The Kier molecular flexibility index (Phi) is 5.02. The molecule has 110 valence electrons. The minimum Gasteiger partial charge on any atom is -0.508 e. The fourth-order valence-electron chi connectivity index (χ4n) is 1.49. The molecule has 0 saturated carbocycles. The second kappa shape index (κ2) is 6.32. The van der Waals surface area contributed by atoms with Crippen molar-refractivity contribution in [2.24, 2.45) is 0 Å². The van der Waals surface area contributed by atoms with Gasteiger partial charge in [0.25, 0.3) is 0 Å². The number of carbonyl (C=O) groups excluding carboxylic acids is 1. The van der Waals surface area contributed by atoms with E-state index in [0.29, 0.717) is 11.1 Å². The van der Waals surface area contributed by atoms with Crippen LogP contribution in [0.4, 0.5) is 4.79 Å². The lowest BCUT2D eigenvalue weighted by Crippen LogP contribution is -2.32. The van der Waals surface area contributed by atoms with E-state index >= 15 is 0 Å². The van der Waals surface area contributed by atoms with E-state index in [1.54, 1.807) is 45.9 Å². The Hall–Kier alpha value is -2.17. The summed E-state index contributed by atoms with van der Waals surface area (Å²) < 4.78 is 5.08. The molecule has 0 heterocycles. The normalized spacial score (nSPS) is 11.6. The molecule has 0 aliphatic heterocycles. The molecule has 0 bridgehead atoms. The summed E-state index contributed by atoms with van der Waals surface area (Å²) in [6.07, 6.45) is 2.86. The highest BCUT2D eigenvalue weighted by Gasteiger charge is 2.15. The first-order valence-corrected chi connectivity index (χ1v) is 6.35. The number of hydrogen-bond donors (Lipinski definition) is 3. The third kappa shape index (κ3) is 4.84. The van der Waals surface area contributed by atoms with E-state index in [1.165, 1.54) is 6.07 Å². The van der Waals surface area contributed by atoms with Crippen molar-refractivity contribution in [2.45, 2.75) is 33.3 Å². The molecule has 0 saturated heterocycles. The molecule has 0 atom stereocenters. The van der Waals surface area contributed by atoms with Crippen molar-refractivity contribution >= 4 is 12.2 Å². The van der Waals surface area contributed by atoms with Crippen LogP contribution in [0.15, 0.2) is 18.2 Å². The summed E-state index contributed by atoms with van der Waals surface area (Å²) in [5.41, 5.74) is 0.471. The molecule has 0 aromatic heterocycles. The lowest BCUT2D eigenvalue weighted by Gasteiger charge is -2.19. The second-order valence-corrected chi connectivity index (χ2v) is 5.43. The summed E-state index contributed by atoms with van der Waals surface area (Å²) in [5.74, 6) is 0.0741. The van der Waals surface area contributed by atoms with E-state index in [9.17, 15) is 15.0 Å². The van der Waals surface area contributed by atoms with Crippen molar-refractivity contribution < 1.29 is 19.7 Å². The first-order valence-electron chi connectivity index (χ1n) is 6.35. The monoisotopic (exact) mass is 279 g/mol. The van der Waals surface area contributed by atoms with Gasteiger partial charge in [-0.25, -0.2) is 4.79 Å². The van der Waals surface area contributed by atoms with Crippen LogP contribution < -0.4 is 5.32 Å². The van der Waals surface area contributed by atoms with Crippen LogP contribution in [0.5, 0.6) is 11.5 Å². The van der Waals surface area contributed by atoms with Crippen LogP contribution >= 0.6 is 0 Å². The van der Waals surface area contributed by atoms with Gasteiger partial charge in [0.2, 0.25) is 0 Å². The summed E-state index contributed by atoms with van der Waals surface area (Å²) in [7, 11) is 0. The van der Waals surface area contributed by atoms with Crippen molar-refractivity contribution in [3.63, 3.8) is 0 Å². The lowest BCUT2D eigenvalue weighted by molar-refractivity contribution is 0.0534. The van der Waals surface area contributed by atoms with E-state index in [1.807, 2.05) is 0 Å². The molecule has 5 nitrogen and oxygen atoms in total. The maximum absolute atomic E-state index is 11.4. The molecule has 0 aliphatic carbocycles. The number of phenolic OH excluding ortho intramolecular Hbond substituents is 2. The topological polar surface area (TPSA) is 78.8 Å². The summed E-state index contributed by atoms with van der Waals surface area (Å²) in [5, 5.41) is 21.8. The zero-order valence-electron chi connectivity index (χ0n) is 12.2. The minimum absolute atomic E-state index is 0.0264. The van der Waals surface area contributed by atoms with Crippen LogP contribution in [0.1, 0.15) is 31.9 Å². The van der Waals surface area contributed by atoms with Gasteiger partial charge in [0.05, 0.1) is 0 Å². The lowest BCUT2D eigenvalue weighted by atomic mass is 10.1. The Balaban J connectivity index is 2.54. The van der Waals surface area contributed by atoms with Crippen molar-refractivity contribution in [3.05, 3.63) is 29.3 Å². The third-order valence-electron chi connectivity index (χ3n) is 2.49. The quantitative estimate of drug-likeness (QED) is 0.795. The minimum atomic E-state index is -0.528.